The fraction of sp³-hybridized carbons (Fsp3) is 0.333. The molecule has 0 bridgehead atoms. The first-order chi connectivity index (χ1) is 13.0. The lowest BCUT2D eigenvalue weighted by atomic mass is 10.0. The summed E-state index contributed by atoms with van der Waals surface area (Å²) in [5.41, 5.74) is 1.46. The van der Waals surface area contributed by atoms with Gasteiger partial charge in [0.25, 0.3) is 0 Å². The molecular formula is C21H22BrFN2O2. The van der Waals surface area contributed by atoms with E-state index in [9.17, 15) is 14.0 Å². The minimum Gasteiger partial charge on any atom is -0.352 e. The Balaban J connectivity index is 1.59. The Morgan fingerprint density at radius 2 is 1.89 bits per heavy atom. The maximum absolute atomic E-state index is 13.9. The van der Waals surface area contributed by atoms with Crippen molar-refractivity contribution < 1.29 is 14.0 Å². The normalized spacial score (nSPS) is 14.4. The van der Waals surface area contributed by atoms with Crippen molar-refractivity contribution in [2.24, 2.45) is 0 Å². The van der Waals surface area contributed by atoms with E-state index < -0.39 is 6.04 Å². The first kappa shape index (κ1) is 19.5. The van der Waals surface area contributed by atoms with Crippen LogP contribution in [0.1, 0.15) is 30.4 Å². The SMILES string of the molecule is O=C(CCc1ccc(Br)cc1F)NC(Cc1ccccc1)C(=O)NC1CC1. The number of carbonyl (C=O) groups is 2. The smallest absolute Gasteiger partial charge is 0.243 e. The molecule has 2 N–H and O–H groups in total. The van der Waals surface area contributed by atoms with Crippen molar-refractivity contribution in [2.45, 2.75) is 44.2 Å². The lowest BCUT2D eigenvalue weighted by molar-refractivity contribution is -0.129. The zero-order valence-corrected chi connectivity index (χ0v) is 16.5. The maximum atomic E-state index is 13.9. The van der Waals surface area contributed by atoms with Gasteiger partial charge in [0.2, 0.25) is 11.8 Å². The van der Waals surface area contributed by atoms with E-state index in [1.807, 2.05) is 30.3 Å². The highest BCUT2D eigenvalue weighted by atomic mass is 79.9. The lowest BCUT2D eigenvalue weighted by Crippen LogP contribution is -2.48. The summed E-state index contributed by atoms with van der Waals surface area (Å²) in [6, 6.07) is 14.0. The molecule has 0 heterocycles. The maximum Gasteiger partial charge on any atom is 0.243 e. The Morgan fingerprint density at radius 3 is 2.56 bits per heavy atom. The Hall–Kier alpha value is -2.21. The van der Waals surface area contributed by atoms with Crippen LogP contribution >= 0.6 is 15.9 Å². The van der Waals surface area contributed by atoms with Crippen molar-refractivity contribution in [1.29, 1.82) is 0 Å². The molecule has 1 saturated carbocycles. The summed E-state index contributed by atoms with van der Waals surface area (Å²) in [4.78, 5) is 24.9. The van der Waals surface area contributed by atoms with E-state index in [1.165, 1.54) is 6.07 Å². The van der Waals surface area contributed by atoms with Crippen LogP contribution in [0.3, 0.4) is 0 Å². The zero-order chi connectivity index (χ0) is 19.2. The molecular weight excluding hydrogens is 411 g/mol. The van der Waals surface area contributed by atoms with Gasteiger partial charge in [-0.15, -0.1) is 0 Å². The van der Waals surface area contributed by atoms with Crippen LogP contribution in [0.5, 0.6) is 0 Å². The Kier molecular flexibility index (Phi) is 6.61. The zero-order valence-electron chi connectivity index (χ0n) is 14.9. The van der Waals surface area contributed by atoms with Crippen LogP contribution in [0, 0.1) is 5.82 Å². The third kappa shape index (κ3) is 6.17. The molecule has 0 saturated heterocycles. The predicted octanol–water partition coefficient (Wildman–Crippen LogP) is 3.53. The molecule has 0 aliphatic heterocycles. The standard InChI is InChI=1S/C21H22BrFN2O2/c22-16-8-6-15(18(23)13-16)7-11-20(26)25-19(21(27)24-17-9-10-17)12-14-4-2-1-3-5-14/h1-6,8,13,17,19H,7,9-12H2,(H,24,27)(H,25,26). The van der Waals surface area contributed by atoms with Crippen LogP contribution in [0.2, 0.25) is 0 Å². The van der Waals surface area contributed by atoms with E-state index in [4.69, 9.17) is 0 Å². The highest BCUT2D eigenvalue weighted by molar-refractivity contribution is 9.10. The average molecular weight is 433 g/mol. The molecule has 1 unspecified atom stereocenters. The Labute approximate surface area is 166 Å². The minimum atomic E-state index is -0.629. The van der Waals surface area contributed by atoms with Crippen molar-refractivity contribution in [2.75, 3.05) is 0 Å². The summed E-state index contributed by atoms with van der Waals surface area (Å²) in [7, 11) is 0. The van der Waals surface area contributed by atoms with Crippen LogP contribution in [0.25, 0.3) is 0 Å². The van der Waals surface area contributed by atoms with E-state index in [0.29, 0.717) is 16.5 Å². The summed E-state index contributed by atoms with van der Waals surface area (Å²) >= 11 is 3.22. The first-order valence-electron chi connectivity index (χ1n) is 9.09. The van der Waals surface area contributed by atoms with Gasteiger partial charge in [-0.1, -0.05) is 52.3 Å². The molecule has 1 aliphatic rings. The summed E-state index contributed by atoms with van der Waals surface area (Å²) in [6.45, 7) is 0. The summed E-state index contributed by atoms with van der Waals surface area (Å²) < 4.78 is 14.6. The van der Waals surface area contributed by atoms with Crippen molar-refractivity contribution >= 4 is 27.7 Å². The molecule has 2 aromatic rings. The van der Waals surface area contributed by atoms with Crippen LogP contribution in [-0.4, -0.2) is 23.9 Å². The van der Waals surface area contributed by atoms with Crippen LogP contribution in [0.4, 0.5) is 4.39 Å². The number of carbonyl (C=O) groups excluding carboxylic acids is 2. The van der Waals surface area contributed by atoms with Gasteiger partial charge >= 0.3 is 0 Å². The quantitative estimate of drug-likeness (QED) is 0.670. The average Bonchev–Trinajstić information content (AvgIpc) is 3.45. The van der Waals surface area contributed by atoms with Crippen LogP contribution in [0.15, 0.2) is 53.0 Å². The number of rotatable bonds is 8. The molecule has 6 heteroatoms. The minimum absolute atomic E-state index is 0.126. The number of amides is 2. The van der Waals surface area contributed by atoms with Gasteiger partial charge in [-0.3, -0.25) is 9.59 Å². The molecule has 3 rings (SSSR count). The lowest BCUT2D eigenvalue weighted by Gasteiger charge is -2.19. The van der Waals surface area contributed by atoms with E-state index in [-0.39, 0.29) is 36.5 Å². The molecule has 1 aliphatic carbocycles. The largest absolute Gasteiger partial charge is 0.352 e. The molecule has 4 nitrogen and oxygen atoms in total. The Morgan fingerprint density at radius 1 is 1.15 bits per heavy atom. The van der Waals surface area contributed by atoms with E-state index >= 15 is 0 Å². The molecule has 27 heavy (non-hydrogen) atoms. The van der Waals surface area contributed by atoms with Crippen molar-refractivity contribution in [3.63, 3.8) is 0 Å². The number of aryl methyl sites for hydroxylation is 1. The second-order valence-electron chi connectivity index (χ2n) is 6.83. The van der Waals surface area contributed by atoms with E-state index in [2.05, 4.69) is 26.6 Å². The van der Waals surface area contributed by atoms with Gasteiger partial charge < -0.3 is 10.6 Å². The van der Waals surface area contributed by atoms with Gasteiger partial charge in [-0.25, -0.2) is 4.39 Å². The fourth-order valence-electron chi connectivity index (χ4n) is 2.83. The van der Waals surface area contributed by atoms with Crippen LogP contribution in [-0.2, 0) is 22.4 Å². The summed E-state index contributed by atoms with van der Waals surface area (Å²) in [5.74, 6) is -0.766. The number of hydrogen-bond acceptors (Lipinski definition) is 2. The molecule has 2 aromatic carbocycles. The van der Waals surface area contributed by atoms with Crippen molar-refractivity contribution in [1.82, 2.24) is 10.6 Å². The summed E-state index contributed by atoms with van der Waals surface area (Å²) in [6.07, 6.45) is 2.81. The predicted molar refractivity (Wildman–Crippen MR) is 106 cm³/mol. The molecule has 1 atom stereocenters. The monoisotopic (exact) mass is 432 g/mol. The van der Waals surface area contributed by atoms with E-state index in [1.54, 1.807) is 12.1 Å². The molecule has 1 fully saturated rings. The fourth-order valence-corrected chi connectivity index (χ4v) is 3.16. The second kappa shape index (κ2) is 9.13. The van der Waals surface area contributed by atoms with Crippen molar-refractivity contribution in [3.05, 3.63) is 69.9 Å². The number of hydrogen-bond donors (Lipinski definition) is 2. The van der Waals surface area contributed by atoms with Gasteiger partial charge in [0, 0.05) is 23.4 Å². The third-order valence-electron chi connectivity index (χ3n) is 4.49. The molecule has 0 spiro atoms. The number of halogens is 2. The topological polar surface area (TPSA) is 58.2 Å². The highest BCUT2D eigenvalue weighted by Crippen LogP contribution is 2.19. The van der Waals surface area contributed by atoms with Gasteiger partial charge in [0.05, 0.1) is 0 Å². The molecule has 0 radical (unpaired) electrons. The van der Waals surface area contributed by atoms with Gasteiger partial charge in [-0.2, -0.15) is 0 Å². The first-order valence-corrected chi connectivity index (χ1v) is 9.88. The van der Waals surface area contributed by atoms with E-state index in [0.717, 1.165) is 18.4 Å². The van der Waals surface area contributed by atoms with Gasteiger partial charge in [0.1, 0.15) is 11.9 Å². The number of benzene rings is 2. The molecule has 0 aromatic heterocycles. The molecule has 142 valence electrons. The van der Waals surface area contributed by atoms with Gasteiger partial charge in [-0.05, 0) is 42.5 Å². The van der Waals surface area contributed by atoms with Gasteiger partial charge in [0.15, 0.2) is 0 Å². The highest BCUT2D eigenvalue weighted by Gasteiger charge is 2.28. The third-order valence-corrected chi connectivity index (χ3v) is 4.99. The second-order valence-corrected chi connectivity index (χ2v) is 7.74. The summed E-state index contributed by atoms with van der Waals surface area (Å²) in [5, 5.41) is 5.77. The number of nitrogens with one attached hydrogen (secondary N) is 2. The van der Waals surface area contributed by atoms with Crippen molar-refractivity contribution in [3.8, 4) is 0 Å². The van der Waals surface area contributed by atoms with Crippen LogP contribution < -0.4 is 10.6 Å². The Bertz CT molecular complexity index is 809. The molecule has 2 amide bonds.